The molecule has 8 aliphatic heterocycles. The SMILES string of the molecule is C[C@@H]1CC[C@H]2C(COC(=O)CCC(=O)OCC3=C(C(F)(F)F)O[C@@H]4OC5(C)CCC6[C@H](C)CC[C@@H]3[C@]64OO5)=C(C(F)(F)F)O[C@@H]3OC4(C)CCC1[C@]32OO4. The van der Waals surface area contributed by atoms with Crippen LogP contribution in [-0.4, -0.2) is 72.9 Å². The minimum Gasteiger partial charge on any atom is -0.461 e. The Morgan fingerprint density at radius 3 is 1.39 bits per heavy atom. The number of allylic oxidation sites excluding steroid dienone is 2. The van der Waals surface area contributed by atoms with E-state index in [1.807, 2.05) is 13.8 Å². The second-order valence-corrected chi connectivity index (χ2v) is 16.5. The second-order valence-electron chi connectivity index (χ2n) is 16.5. The quantitative estimate of drug-likeness (QED) is 0.150. The lowest BCUT2D eigenvalue weighted by Gasteiger charge is -2.57. The number of hydrogen-bond acceptors (Lipinski definition) is 12. The molecule has 8 heterocycles. The van der Waals surface area contributed by atoms with Gasteiger partial charge >= 0.3 is 24.3 Å². The van der Waals surface area contributed by atoms with E-state index in [1.54, 1.807) is 13.8 Å². The topological polar surface area (TPSA) is 126 Å². The van der Waals surface area contributed by atoms with Crippen LogP contribution < -0.4 is 0 Å². The summed E-state index contributed by atoms with van der Waals surface area (Å²) < 4.78 is 120. The van der Waals surface area contributed by atoms with Gasteiger partial charge in [-0.1, -0.05) is 13.8 Å². The van der Waals surface area contributed by atoms with Gasteiger partial charge in [0.15, 0.2) is 11.2 Å². The molecule has 2 saturated carbocycles. The summed E-state index contributed by atoms with van der Waals surface area (Å²) in [5.74, 6) is -9.60. The molecule has 0 aromatic heterocycles. The number of ether oxygens (including phenoxy) is 6. The van der Waals surface area contributed by atoms with Crippen molar-refractivity contribution < 1.29 is 83.9 Å². The highest BCUT2D eigenvalue weighted by Crippen LogP contribution is 2.63. The van der Waals surface area contributed by atoms with Crippen LogP contribution >= 0.6 is 0 Å². The molecule has 12 nitrogen and oxygen atoms in total. The monoisotopic (exact) mass is 782 g/mol. The van der Waals surface area contributed by atoms with Crippen LogP contribution in [-0.2, 0) is 57.6 Å². The van der Waals surface area contributed by atoms with E-state index in [4.69, 9.17) is 48.0 Å². The van der Waals surface area contributed by atoms with Crippen molar-refractivity contribution in [1.29, 1.82) is 0 Å². The van der Waals surface area contributed by atoms with E-state index >= 15 is 0 Å². The molecule has 302 valence electrons. The molecule has 0 radical (unpaired) electrons. The Labute approximate surface area is 306 Å². The van der Waals surface area contributed by atoms with Crippen molar-refractivity contribution in [2.24, 2.45) is 35.5 Å². The lowest BCUT2D eigenvalue weighted by atomic mass is 9.59. The number of carbonyl (C=O) groups excluding carboxylic acids is 2. The highest BCUT2D eigenvalue weighted by Gasteiger charge is 2.72. The van der Waals surface area contributed by atoms with Gasteiger partial charge in [0, 0.05) is 47.7 Å². The fourth-order valence-electron chi connectivity index (χ4n) is 10.5. The normalized spacial score (nSPS) is 44.0. The summed E-state index contributed by atoms with van der Waals surface area (Å²) in [5, 5.41) is 0. The molecular formula is C36H44F6O12. The van der Waals surface area contributed by atoms with Crippen LogP contribution in [0.25, 0.3) is 0 Å². The van der Waals surface area contributed by atoms with E-state index in [-0.39, 0.29) is 47.7 Å². The van der Waals surface area contributed by atoms with Gasteiger partial charge in [-0.2, -0.15) is 26.3 Å². The molecule has 6 saturated heterocycles. The summed E-state index contributed by atoms with van der Waals surface area (Å²) >= 11 is 0. The number of esters is 2. The standard InChI is InChI=1S/C36H44F6O12/c1-17-5-7-23-19(27(35(37,38)39)47-29-33(23)21(17)11-13-31(3,49-29)51-53-33)15-45-25(43)9-10-26(44)46-16-20-24-8-6-18(2)22-12-14-32(4)50-30(34(22,24)54-52-32)48-28(20)36(40,41)42/h17-18,21-24,29-30H,5-16H2,1-4H3/t17-,18-,21?,22?,23+,24+,29-,30-,31?,32?,33-,34-/m1/s1. The molecule has 54 heavy (non-hydrogen) atoms. The lowest BCUT2D eigenvalue weighted by molar-refractivity contribution is -0.558. The molecule has 4 bridgehead atoms. The summed E-state index contributed by atoms with van der Waals surface area (Å²) in [6.45, 7) is 5.51. The molecule has 0 amide bonds. The third kappa shape index (κ3) is 6.03. The van der Waals surface area contributed by atoms with Crippen molar-refractivity contribution in [1.82, 2.24) is 0 Å². The molecular weight excluding hydrogens is 738 g/mol. The summed E-state index contributed by atoms with van der Waals surface area (Å²) in [6.07, 6.45) is -10.5. The smallest absolute Gasteiger partial charge is 0.449 e. The largest absolute Gasteiger partial charge is 0.461 e. The average Bonchev–Trinajstić information content (AvgIpc) is 3.47. The zero-order valence-corrected chi connectivity index (χ0v) is 30.3. The molecule has 8 fully saturated rings. The zero-order valence-electron chi connectivity index (χ0n) is 30.3. The molecule has 12 atom stereocenters. The molecule has 2 spiro atoms. The molecule has 10 aliphatic rings. The van der Waals surface area contributed by atoms with Gasteiger partial charge in [-0.25, -0.2) is 19.6 Å². The van der Waals surface area contributed by atoms with Crippen molar-refractivity contribution in [2.45, 2.75) is 140 Å². The fraction of sp³-hybridized carbons (Fsp3) is 0.833. The van der Waals surface area contributed by atoms with Crippen LogP contribution in [0.5, 0.6) is 0 Å². The molecule has 0 aromatic rings. The van der Waals surface area contributed by atoms with Crippen molar-refractivity contribution in [3.63, 3.8) is 0 Å². The van der Waals surface area contributed by atoms with Gasteiger partial charge in [0.1, 0.15) is 13.2 Å². The molecule has 2 aliphatic carbocycles. The minimum atomic E-state index is -4.96. The molecule has 10 rings (SSSR count). The van der Waals surface area contributed by atoms with E-state index in [9.17, 15) is 35.9 Å². The van der Waals surface area contributed by atoms with E-state index < -0.39 is 109 Å². The number of carbonyl (C=O) groups is 2. The Kier molecular flexibility index (Phi) is 9.17. The first kappa shape index (κ1) is 38.2. The lowest BCUT2D eigenvalue weighted by Crippen LogP contribution is -2.67. The molecule has 18 heteroatoms. The fourth-order valence-corrected chi connectivity index (χ4v) is 10.5. The van der Waals surface area contributed by atoms with Crippen molar-refractivity contribution in [2.75, 3.05) is 13.2 Å². The van der Waals surface area contributed by atoms with Crippen LogP contribution in [0.4, 0.5) is 26.3 Å². The maximum Gasteiger partial charge on any atom is 0.449 e. The summed E-state index contributed by atoms with van der Waals surface area (Å²) in [5.41, 5.74) is -3.48. The van der Waals surface area contributed by atoms with E-state index in [0.29, 0.717) is 38.5 Å². The first-order chi connectivity index (χ1) is 25.3. The Morgan fingerprint density at radius 2 is 1.02 bits per heavy atom. The predicted octanol–water partition coefficient (Wildman–Crippen LogP) is 6.98. The predicted molar refractivity (Wildman–Crippen MR) is 165 cm³/mol. The van der Waals surface area contributed by atoms with Gasteiger partial charge in [0.25, 0.3) is 0 Å². The van der Waals surface area contributed by atoms with Crippen LogP contribution in [0.1, 0.15) is 91.9 Å². The van der Waals surface area contributed by atoms with Gasteiger partial charge < -0.3 is 28.4 Å². The Morgan fingerprint density at radius 1 is 0.630 bits per heavy atom. The summed E-state index contributed by atoms with van der Waals surface area (Å²) in [6, 6.07) is 0. The Hall–Kier alpha value is -2.64. The third-order valence-electron chi connectivity index (χ3n) is 13.1. The van der Waals surface area contributed by atoms with Crippen molar-refractivity contribution in [3.05, 3.63) is 22.7 Å². The van der Waals surface area contributed by atoms with Crippen molar-refractivity contribution >= 4 is 11.9 Å². The maximum atomic E-state index is 14.5. The average molecular weight is 783 g/mol. The van der Waals surface area contributed by atoms with Gasteiger partial charge in [-0.15, -0.1) is 0 Å². The highest BCUT2D eigenvalue weighted by molar-refractivity contribution is 5.77. The zero-order chi connectivity index (χ0) is 38.6. The van der Waals surface area contributed by atoms with Gasteiger partial charge in [-0.05, 0) is 64.2 Å². The van der Waals surface area contributed by atoms with Gasteiger partial charge in [0.2, 0.25) is 35.7 Å². The van der Waals surface area contributed by atoms with Gasteiger partial charge in [-0.3, -0.25) is 9.59 Å². The first-order valence-corrected chi connectivity index (χ1v) is 18.6. The number of alkyl halides is 6. The van der Waals surface area contributed by atoms with E-state index in [2.05, 4.69) is 0 Å². The molecule has 0 N–H and O–H groups in total. The Balaban J connectivity index is 0.950. The third-order valence-corrected chi connectivity index (χ3v) is 13.1. The molecule has 0 aromatic carbocycles. The maximum absolute atomic E-state index is 14.5. The minimum absolute atomic E-state index is 0.0504. The van der Waals surface area contributed by atoms with Crippen molar-refractivity contribution in [3.8, 4) is 0 Å². The highest BCUT2D eigenvalue weighted by atomic mass is 19.4. The van der Waals surface area contributed by atoms with Crippen LogP contribution in [0.3, 0.4) is 0 Å². The van der Waals surface area contributed by atoms with E-state index in [0.717, 1.165) is 0 Å². The number of hydrogen-bond donors (Lipinski definition) is 0. The Bertz CT molecular complexity index is 1500. The van der Waals surface area contributed by atoms with Crippen LogP contribution in [0.2, 0.25) is 0 Å². The van der Waals surface area contributed by atoms with Crippen LogP contribution in [0.15, 0.2) is 22.7 Å². The number of fused-ring (bicyclic) bond motifs is 4. The second kappa shape index (κ2) is 12.9. The molecule has 4 unspecified atom stereocenters. The van der Waals surface area contributed by atoms with Gasteiger partial charge in [0.05, 0.1) is 12.8 Å². The summed E-state index contributed by atoms with van der Waals surface area (Å²) in [4.78, 5) is 48.9. The number of rotatable bonds is 7. The first-order valence-electron chi connectivity index (χ1n) is 18.6. The summed E-state index contributed by atoms with van der Waals surface area (Å²) in [7, 11) is 0. The number of halogens is 6. The van der Waals surface area contributed by atoms with Crippen LogP contribution in [0, 0.1) is 35.5 Å². The van der Waals surface area contributed by atoms with E-state index in [1.165, 1.54) is 0 Å².